The standard InChI is InChI=1S/C17H26O7S.C15H20O6.C4H8O2.C2H6OS.CH2O3.2K.H/c1-4-14(19)22-11-17(6-3,12-23-15(20)5-2)13-24-16(21)7-9-25-10-8-18;1-5-12(16)19-9-15(8-4,10-20-13(17)6-2)11-21-14(18)7-3;1-3-6-4(2)5;3-1-2-4;2-1-4-3;;;/h4-5,18H,1-2,6-13H2,3H3;5-7H,1-3,8-11H2,4H3;3H2,1-2H3;3-4H,1-2H2;1,3H;;;/q;;;;;2*+1;-1/p-1. The van der Waals surface area contributed by atoms with Crippen molar-refractivity contribution >= 4 is 72.6 Å². The Kier molecular flexibility index (Phi) is 64.6. The van der Waals surface area contributed by atoms with Gasteiger partial charge in [0.25, 0.3) is 6.47 Å². The molecule has 0 rings (SSSR count). The number of aliphatic hydroxyl groups is 2. The molecule has 23 heteroatoms. The van der Waals surface area contributed by atoms with Crippen LogP contribution in [-0.2, 0) is 76.4 Å². The van der Waals surface area contributed by atoms with Crippen LogP contribution in [0.5, 0.6) is 0 Å². The number of esters is 7. The van der Waals surface area contributed by atoms with Gasteiger partial charge >= 0.3 is 145 Å². The van der Waals surface area contributed by atoms with Crippen LogP contribution in [-0.4, -0.2) is 135 Å². The van der Waals surface area contributed by atoms with Crippen molar-refractivity contribution in [3.63, 3.8) is 0 Å². The average molecular weight is 977 g/mol. The first-order valence-corrected chi connectivity index (χ1v) is 19.6. The molecule has 0 radical (unpaired) electrons. The van der Waals surface area contributed by atoms with E-state index in [0.29, 0.717) is 36.7 Å². The molecule has 0 bridgehead atoms. The Bertz CT molecular complexity index is 1220. The molecule has 0 saturated heterocycles. The van der Waals surface area contributed by atoms with Crippen molar-refractivity contribution < 1.29 is 196 Å². The quantitative estimate of drug-likeness (QED) is 0.00817. The van der Waals surface area contributed by atoms with Crippen LogP contribution in [0.1, 0.15) is 48.4 Å². The first kappa shape index (κ1) is 74.7. The fourth-order valence-electron chi connectivity index (χ4n) is 3.11. The van der Waals surface area contributed by atoms with Crippen molar-refractivity contribution in [1.82, 2.24) is 0 Å². The first-order chi connectivity index (χ1) is 28.4. The smallest absolute Gasteiger partial charge is 1.00 e. The molecule has 346 valence electrons. The molecule has 0 heterocycles. The maximum atomic E-state index is 11.8. The van der Waals surface area contributed by atoms with Gasteiger partial charge in [0.2, 0.25) is 0 Å². The monoisotopic (exact) mass is 976 g/mol. The van der Waals surface area contributed by atoms with Crippen molar-refractivity contribution in [3.05, 3.63) is 63.3 Å². The molecule has 0 spiro atoms. The molecule has 0 atom stereocenters. The number of thiol groups is 1. The van der Waals surface area contributed by atoms with Gasteiger partial charge in [-0.25, -0.2) is 24.0 Å². The summed E-state index contributed by atoms with van der Waals surface area (Å²) < 4.78 is 34.8. The molecule has 0 unspecified atom stereocenters. The first-order valence-electron chi connectivity index (χ1n) is 17.8. The number of hydrogen-bond acceptors (Lipinski definition) is 21. The van der Waals surface area contributed by atoms with E-state index in [2.05, 4.69) is 55.1 Å². The van der Waals surface area contributed by atoms with E-state index in [0.717, 1.165) is 30.4 Å². The van der Waals surface area contributed by atoms with E-state index in [1.54, 1.807) is 13.8 Å². The number of ether oxygens (including phenoxy) is 7. The van der Waals surface area contributed by atoms with Crippen LogP contribution in [0.3, 0.4) is 0 Å². The number of aliphatic hydroxyl groups excluding tert-OH is 2. The summed E-state index contributed by atoms with van der Waals surface area (Å²) in [5.41, 5.74) is -1.68. The summed E-state index contributed by atoms with van der Waals surface area (Å²) in [5, 5.41) is 24.9. The van der Waals surface area contributed by atoms with Gasteiger partial charge in [-0.15, -0.1) is 0 Å². The fraction of sp³-hybridized carbons (Fsp3) is 0.538. The van der Waals surface area contributed by atoms with E-state index in [1.807, 2.05) is 6.92 Å². The average Bonchev–Trinajstić information content (AvgIpc) is 3.27. The van der Waals surface area contributed by atoms with Gasteiger partial charge in [-0.3, -0.25) is 14.4 Å². The van der Waals surface area contributed by atoms with Crippen molar-refractivity contribution in [3.8, 4) is 0 Å². The zero-order valence-corrected chi connectivity index (χ0v) is 44.8. The van der Waals surface area contributed by atoms with Gasteiger partial charge in [-0.2, -0.15) is 24.4 Å². The minimum absolute atomic E-state index is 0. The Morgan fingerprint density at radius 3 is 1.08 bits per heavy atom. The van der Waals surface area contributed by atoms with Crippen LogP contribution < -0.4 is 108 Å². The van der Waals surface area contributed by atoms with Gasteiger partial charge in [0, 0.05) is 54.6 Å². The predicted octanol–water partition coefficient (Wildman–Crippen LogP) is -3.90. The second kappa shape index (κ2) is 53.7. The van der Waals surface area contributed by atoms with Crippen LogP contribution in [0.15, 0.2) is 63.3 Å². The maximum Gasteiger partial charge on any atom is 1.00 e. The Morgan fingerprint density at radius 1 is 0.613 bits per heavy atom. The Labute approximate surface area is 460 Å². The third kappa shape index (κ3) is 51.0. The molecule has 19 nitrogen and oxygen atoms in total. The van der Waals surface area contributed by atoms with Gasteiger partial charge in [0.05, 0.1) is 37.1 Å². The molecule has 2 N–H and O–H groups in total. The van der Waals surface area contributed by atoms with E-state index in [4.69, 9.17) is 48.7 Å². The van der Waals surface area contributed by atoms with Crippen LogP contribution in [0, 0.1) is 10.8 Å². The Morgan fingerprint density at radius 2 is 0.903 bits per heavy atom. The molecular weight excluding hydrogens is 915 g/mol. The number of carbonyl (C=O) groups is 8. The van der Waals surface area contributed by atoms with Gasteiger partial charge in [-0.1, -0.05) is 46.7 Å². The zero-order chi connectivity index (χ0) is 47.3. The molecule has 62 heavy (non-hydrogen) atoms. The van der Waals surface area contributed by atoms with Gasteiger partial charge in [-0.05, 0) is 19.8 Å². The summed E-state index contributed by atoms with van der Waals surface area (Å²) in [5.74, 6) is -2.02. The summed E-state index contributed by atoms with van der Waals surface area (Å²) in [4.78, 5) is 89.0. The third-order valence-electron chi connectivity index (χ3n) is 6.65. The number of thioether (sulfide) groups is 1. The van der Waals surface area contributed by atoms with Crippen LogP contribution in [0.2, 0.25) is 0 Å². The predicted molar refractivity (Wildman–Crippen MR) is 223 cm³/mol. The SMILES string of the molecule is C=CC(=O)OCC(CC)(COC(=O)C=C)COC(=O)C=C.C=CC(=O)OCC(CC)(COC(=O)C=C)COC(=O)CCSCCO.CCOC(C)=O.O=CO[O-].OCCS.[H-].[K+].[K+]. The number of carbonyl (C=O) groups excluding carboxylic acids is 8. The van der Waals surface area contributed by atoms with Crippen molar-refractivity contribution in [2.24, 2.45) is 10.8 Å². The fourth-order valence-corrected chi connectivity index (χ4v) is 3.75. The summed E-state index contributed by atoms with van der Waals surface area (Å²) in [6, 6.07) is 0. The van der Waals surface area contributed by atoms with E-state index in [1.165, 1.54) is 18.7 Å². The zero-order valence-electron chi connectivity index (χ0n) is 37.8. The van der Waals surface area contributed by atoms with E-state index < -0.39 is 46.6 Å². The van der Waals surface area contributed by atoms with Crippen LogP contribution in [0.4, 0.5) is 0 Å². The van der Waals surface area contributed by atoms with E-state index in [-0.39, 0.29) is 176 Å². The molecule has 0 fully saturated rings. The largest absolute Gasteiger partial charge is 1.00 e. The molecule has 0 aromatic rings. The van der Waals surface area contributed by atoms with Crippen molar-refractivity contribution in [2.45, 2.75) is 47.0 Å². The number of hydrogen-bond donors (Lipinski definition) is 3. The molecule has 0 aromatic carbocycles. The second-order valence-corrected chi connectivity index (χ2v) is 12.7. The third-order valence-corrected chi connectivity index (χ3v) is 7.81. The topological polar surface area (TPSA) is 274 Å². The molecule has 0 aromatic heterocycles. The molecule has 0 aliphatic carbocycles. The van der Waals surface area contributed by atoms with Gasteiger partial charge in [0.1, 0.15) is 39.6 Å². The molecule has 0 aliphatic heterocycles. The van der Waals surface area contributed by atoms with Crippen molar-refractivity contribution in [1.29, 1.82) is 0 Å². The van der Waals surface area contributed by atoms with Crippen LogP contribution >= 0.6 is 24.4 Å². The van der Waals surface area contributed by atoms with Crippen LogP contribution in [0.25, 0.3) is 0 Å². The van der Waals surface area contributed by atoms with Gasteiger partial charge < -0.3 is 54.9 Å². The summed E-state index contributed by atoms with van der Waals surface area (Å²) in [6.45, 7) is 23.4. The normalized spacial score (nSPS) is 9.29. The summed E-state index contributed by atoms with van der Waals surface area (Å²) in [7, 11) is 0. The minimum Gasteiger partial charge on any atom is -1.00 e. The summed E-state index contributed by atoms with van der Waals surface area (Å²) in [6.07, 6.45) is 6.22. The second-order valence-electron chi connectivity index (χ2n) is 11.1. The minimum atomic E-state index is -0.842. The maximum absolute atomic E-state index is 11.8. The molecule has 0 aliphatic rings. The number of rotatable bonds is 27. The summed E-state index contributed by atoms with van der Waals surface area (Å²) >= 11 is 5.11. The molecule has 0 amide bonds. The Balaban J connectivity index is -0.000000119. The van der Waals surface area contributed by atoms with Gasteiger partial charge in [0.15, 0.2) is 0 Å². The molecule has 0 saturated carbocycles. The van der Waals surface area contributed by atoms with E-state index >= 15 is 0 Å². The molecular formula is C39H62K2O19S2. The van der Waals surface area contributed by atoms with E-state index in [9.17, 15) is 33.6 Å². The van der Waals surface area contributed by atoms with Crippen molar-refractivity contribution in [2.75, 3.05) is 76.7 Å². The Hall–Kier alpha value is -1.69.